The van der Waals surface area contributed by atoms with Crippen LogP contribution in [0.1, 0.15) is 12.8 Å². The molecular weight excluding hydrogens is 226 g/mol. The Kier molecular flexibility index (Phi) is 3.78. The van der Waals surface area contributed by atoms with Crippen molar-refractivity contribution in [3.63, 3.8) is 0 Å². The highest BCUT2D eigenvalue weighted by Crippen LogP contribution is 2.23. The van der Waals surface area contributed by atoms with Gasteiger partial charge in [0.2, 0.25) is 0 Å². The van der Waals surface area contributed by atoms with E-state index in [0.717, 1.165) is 31.6 Å². The van der Waals surface area contributed by atoms with E-state index < -0.39 is 6.61 Å². The van der Waals surface area contributed by atoms with Gasteiger partial charge in [0.25, 0.3) is 0 Å². The second-order valence-corrected chi connectivity index (χ2v) is 4.22. The van der Waals surface area contributed by atoms with Crippen LogP contribution in [0.4, 0.5) is 14.5 Å². The van der Waals surface area contributed by atoms with Gasteiger partial charge in [0, 0.05) is 24.8 Å². The minimum absolute atomic E-state index is 0.185. The zero-order chi connectivity index (χ0) is 12.3. The Bertz CT molecular complexity index is 356. The van der Waals surface area contributed by atoms with Crippen molar-refractivity contribution in [3.05, 3.63) is 24.3 Å². The Balaban J connectivity index is 2.01. The number of alkyl halides is 2. The van der Waals surface area contributed by atoms with E-state index in [4.69, 9.17) is 5.73 Å². The largest absolute Gasteiger partial charge is 0.435 e. The van der Waals surface area contributed by atoms with Crippen molar-refractivity contribution < 1.29 is 13.5 Å². The second kappa shape index (κ2) is 5.31. The normalized spacial score (nSPS) is 20.7. The van der Waals surface area contributed by atoms with Gasteiger partial charge in [0.05, 0.1) is 0 Å². The van der Waals surface area contributed by atoms with Crippen LogP contribution in [0.3, 0.4) is 0 Å². The number of anilines is 1. The molecule has 0 amide bonds. The molecule has 0 aromatic heterocycles. The third kappa shape index (κ3) is 3.30. The van der Waals surface area contributed by atoms with E-state index >= 15 is 0 Å². The third-order valence-electron chi connectivity index (χ3n) is 2.88. The molecule has 0 radical (unpaired) electrons. The van der Waals surface area contributed by atoms with Gasteiger partial charge < -0.3 is 15.4 Å². The molecule has 0 saturated carbocycles. The monoisotopic (exact) mass is 242 g/mol. The van der Waals surface area contributed by atoms with E-state index in [1.807, 2.05) is 0 Å². The number of piperidine rings is 1. The van der Waals surface area contributed by atoms with Crippen LogP contribution < -0.4 is 15.4 Å². The predicted molar refractivity (Wildman–Crippen MR) is 62.5 cm³/mol. The quantitative estimate of drug-likeness (QED) is 0.883. The molecule has 0 unspecified atom stereocenters. The predicted octanol–water partition coefficient (Wildman–Crippen LogP) is 2.22. The summed E-state index contributed by atoms with van der Waals surface area (Å²) in [5, 5.41) is 0. The molecule has 0 aliphatic carbocycles. The molecule has 1 fully saturated rings. The average Bonchev–Trinajstić information content (AvgIpc) is 2.29. The van der Waals surface area contributed by atoms with Crippen molar-refractivity contribution in [2.45, 2.75) is 25.5 Å². The minimum atomic E-state index is -2.77. The van der Waals surface area contributed by atoms with Gasteiger partial charge in [-0.2, -0.15) is 8.78 Å². The molecule has 17 heavy (non-hydrogen) atoms. The molecule has 1 atom stereocenters. The Morgan fingerprint density at radius 2 is 2.00 bits per heavy atom. The number of ether oxygens (including phenoxy) is 1. The van der Waals surface area contributed by atoms with Crippen LogP contribution in [0.15, 0.2) is 24.3 Å². The lowest BCUT2D eigenvalue weighted by Gasteiger charge is -2.32. The second-order valence-electron chi connectivity index (χ2n) is 4.22. The lowest BCUT2D eigenvalue weighted by Crippen LogP contribution is -2.42. The number of rotatable bonds is 3. The van der Waals surface area contributed by atoms with E-state index in [2.05, 4.69) is 9.64 Å². The van der Waals surface area contributed by atoms with Crippen LogP contribution in [-0.4, -0.2) is 25.7 Å². The lowest BCUT2D eigenvalue weighted by molar-refractivity contribution is -0.0498. The van der Waals surface area contributed by atoms with Gasteiger partial charge >= 0.3 is 6.61 Å². The van der Waals surface area contributed by atoms with Gasteiger partial charge in [0.15, 0.2) is 0 Å². The van der Waals surface area contributed by atoms with Gasteiger partial charge in [0.1, 0.15) is 5.75 Å². The summed E-state index contributed by atoms with van der Waals surface area (Å²) in [5.41, 5.74) is 6.89. The van der Waals surface area contributed by atoms with Crippen LogP contribution in [-0.2, 0) is 0 Å². The maximum absolute atomic E-state index is 12.0. The summed E-state index contributed by atoms with van der Waals surface area (Å²) in [6, 6.07) is 6.88. The van der Waals surface area contributed by atoms with Crippen molar-refractivity contribution >= 4 is 5.69 Å². The number of nitrogens with two attached hydrogens (primary N) is 1. The van der Waals surface area contributed by atoms with Crippen molar-refractivity contribution in [2.24, 2.45) is 5.73 Å². The molecule has 2 rings (SSSR count). The minimum Gasteiger partial charge on any atom is -0.435 e. The fraction of sp³-hybridized carbons (Fsp3) is 0.500. The van der Waals surface area contributed by atoms with Crippen LogP contribution >= 0.6 is 0 Å². The molecule has 2 N–H and O–H groups in total. The molecular formula is C12H16F2N2O. The molecule has 1 heterocycles. The van der Waals surface area contributed by atoms with Crippen LogP contribution in [0.5, 0.6) is 5.75 Å². The van der Waals surface area contributed by atoms with Gasteiger partial charge in [-0.1, -0.05) is 0 Å². The van der Waals surface area contributed by atoms with E-state index in [0.29, 0.717) is 0 Å². The number of halogens is 2. The summed E-state index contributed by atoms with van der Waals surface area (Å²) < 4.78 is 28.3. The first kappa shape index (κ1) is 12.1. The Hall–Kier alpha value is -1.36. The van der Waals surface area contributed by atoms with Gasteiger partial charge in [-0.25, -0.2) is 0 Å². The summed E-state index contributed by atoms with van der Waals surface area (Å²) >= 11 is 0. The van der Waals surface area contributed by atoms with Gasteiger partial charge in [-0.15, -0.1) is 0 Å². The first-order valence-corrected chi connectivity index (χ1v) is 5.70. The maximum atomic E-state index is 12.0. The van der Waals surface area contributed by atoms with Crippen molar-refractivity contribution in [1.82, 2.24) is 0 Å². The van der Waals surface area contributed by atoms with Crippen molar-refractivity contribution in [3.8, 4) is 5.75 Å². The highest BCUT2D eigenvalue weighted by Gasteiger charge is 2.16. The first-order chi connectivity index (χ1) is 8.15. The number of benzene rings is 1. The van der Waals surface area contributed by atoms with Crippen molar-refractivity contribution in [1.29, 1.82) is 0 Å². The highest BCUT2D eigenvalue weighted by molar-refractivity contribution is 5.49. The molecule has 5 heteroatoms. The summed E-state index contributed by atoms with van der Waals surface area (Å²) in [7, 11) is 0. The Labute approximate surface area is 99.2 Å². The lowest BCUT2D eigenvalue weighted by atomic mass is 10.1. The zero-order valence-electron chi connectivity index (χ0n) is 9.48. The van der Waals surface area contributed by atoms with Crippen LogP contribution in [0.2, 0.25) is 0 Å². The molecule has 0 spiro atoms. The van der Waals surface area contributed by atoms with E-state index in [1.165, 1.54) is 0 Å². The van der Waals surface area contributed by atoms with E-state index in [1.54, 1.807) is 24.3 Å². The number of nitrogens with zero attached hydrogens (tertiary/aromatic N) is 1. The third-order valence-corrected chi connectivity index (χ3v) is 2.88. The van der Waals surface area contributed by atoms with Gasteiger partial charge in [-0.05, 0) is 37.1 Å². The van der Waals surface area contributed by atoms with E-state index in [-0.39, 0.29) is 11.8 Å². The molecule has 1 aliphatic rings. The maximum Gasteiger partial charge on any atom is 0.387 e. The molecule has 94 valence electrons. The average molecular weight is 242 g/mol. The summed E-state index contributed by atoms with van der Waals surface area (Å²) in [6.07, 6.45) is 2.11. The topological polar surface area (TPSA) is 38.5 Å². The number of hydrogen-bond donors (Lipinski definition) is 1. The number of hydrogen-bond acceptors (Lipinski definition) is 3. The molecule has 1 saturated heterocycles. The van der Waals surface area contributed by atoms with Crippen molar-refractivity contribution in [2.75, 3.05) is 18.0 Å². The standard InChI is InChI=1S/C12H16F2N2O/c13-12(14)17-11-5-3-10(4-6-11)16-7-1-2-9(15)8-16/h3-6,9,12H,1-2,7-8,15H2/t9-/m1/s1. The fourth-order valence-corrected chi connectivity index (χ4v) is 2.08. The summed E-state index contributed by atoms with van der Waals surface area (Å²) in [6.45, 7) is -0.998. The summed E-state index contributed by atoms with van der Waals surface area (Å²) in [4.78, 5) is 2.17. The molecule has 3 nitrogen and oxygen atoms in total. The zero-order valence-corrected chi connectivity index (χ0v) is 9.48. The molecule has 1 aliphatic heterocycles. The summed E-state index contributed by atoms with van der Waals surface area (Å²) in [5.74, 6) is 0.185. The fourth-order valence-electron chi connectivity index (χ4n) is 2.08. The SMILES string of the molecule is N[C@@H]1CCCN(c2ccc(OC(F)F)cc2)C1. The molecule has 1 aromatic rings. The van der Waals surface area contributed by atoms with Crippen LogP contribution in [0.25, 0.3) is 0 Å². The smallest absolute Gasteiger partial charge is 0.387 e. The first-order valence-electron chi connectivity index (χ1n) is 5.70. The van der Waals surface area contributed by atoms with Gasteiger partial charge in [-0.3, -0.25) is 0 Å². The van der Waals surface area contributed by atoms with E-state index in [9.17, 15) is 8.78 Å². The Morgan fingerprint density at radius 1 is 1.29 bits per heavy atom. The molecule has 0 bridgehead atoms. The Morgan fingerprint density at radius 3 is 2.59 bits per heavy atom. The molecule has 1 aromatic carbocycles. The van der Waals surface area contributed by atoms with Crippen LogP contribution in [0, 0.1) is 0 Å². The highest BCUT2D eigenvalue weighted by atomic mass is 19.3.